The number of aromatic nitrogens is 1. The highest BCUT2D eigenvalue weighted by Gasteiger charge is 2.30. The molecule has 1 aliphatic heterocycles. The molecule has 10 heteroatoms. The van der Waals surface area contributed by atoms with Gasteiger partial charge in [0.1, 0.15) is 0 Å². The first-order valence-corrected chi connectivity index (χ1v) is 13.6. The number of sulfonamides is 1. The van der Waals surface area contributed by atoms with E-state index in [-0.39, 0.29) is 4.90 Å². The minimum atomic E-state index is -3.73. The highest BCUT2D eigenvalue weighted by Crippen LogP contribution is 2.32. The van der Waals surface area contributed by atoms with Gasteiger partial charge in [-0.15, -0.1) is 0 Å². The van der Waals surface area contributed by atoms with E-state index in [1.165, 1.54) is 39.9 Å². The Hall–Kier alpha value is -2.98. The molecule has 1 amide bonds. The van der Waals surface area contributed by atoms with E-state index < -0.39 is 15.9 Å². The van der Waals surface area contributed by atoms with Crippen molar-refractivity contribution in [2.45, 2.75) is 17.9 Å². The van der Waals surface area contributed by atoms with Gasteiger partial charge < -0.3 is 9.30 Å². The normalized spacial score (nSPS) is 14.0. The number of thiazole rings is 1. The SMILES string of the molecule is COCCn1c(=NC(=O)c2ccc(S(=O)(=O)N3CCc4ccccc43)cc2)sc2cccc(Cl)c21. The third-order valence-electron chi connectivity index (χ3n) is 5.90. The van der Waals surface area contributed by atoms with Crippen LogP contribution < -0.4 is 9.11 Å². The third kappa shape index (κ3) is 4.40. The first kappa shape index (κ1) is 23.7. The van der Waals surface area contributed by atoms with Crippen molar-refractivity contribution < 1.29 is 17.9 Å². The molecule has 4 aromatic rings. The first-order valence-electron chi connectivity index (χ1n) is 11.0. The van der Waals surface area contributed by atoms with Gasteiger partial charge in [-0.3, -0.25) is 9.10 Å². The molecule has 0 atom stereocenters. The Morgan fingerprint density at radius 2 is 1.86 bits per heavy atom. The fourth-order valence-electron chi connectivity index (χ4n) is 4.17. The zero-order chi connectivity index (χ0) is 24.6. The van der Waals surface area contributed by atoms with E-state index in [1.807, 2.05) is 41.0 Å². The van der Waals surface area contributed by atoms with Crippen LogP contribution in [-0.4, -0.2) is 39.2 Å². The maximum atomic E-state index is 13.2. The number of hydrogen-bond acceptors (Lipinski definition) is 5. The molecule has 0 radical (unpaired) electrons. The summed E-state index contributed by atoms with van der Waals surface area (Å²) in [7, 11) is -2.13. The fraction of sp³-hybridized carbons (Fsp3) is 0.200. The number of rotatable bonds is 6. The van der Waals surface area contributed by atoms with Crippen LogP contribution in [0, 0.1) is 0 Å². The van der Waals surface area contributed by atoms with Crippen LogP contribution in [0.5, 0.6) is 0 Å². The lowest BCUT2D eigenvalue weighted by Gasteiger charge is -2.19. The van der Waals surface area contributed by atoms with Crippen LogP contribution in [0.4, 0.5) is 5.69 Å². The van der Waals surface area contributed by atoms with Crippen LogP contribution >= 0.6 is 22.9 Å². The molecule has 0 saturated heterocycles. The summed E-state index contributed by atoms with van der Waals surface area (Å²) in [5.41, 5.74) is 2.81. The highest BCUT2D eigenvalue weighted by atomic mass is 35.5. The lowest BCUT2D eigenvalue weighted by molar-refractivity contribution is 0.0997. The molecule has 7 nitrogen and oxygen atoms in total. The zero-order valence-corrected chi connectivity index (χ0v) is 21.2. The second kappa shape index (κ2) is 9.58. The van der Waals surface area contributed by atoms with Crippen LogP contribution in [-0.2, 0) is 27.7 Å². The average molecular weight is 528 g/mol. The zero-order valence-electron chi connectivity index (χ0n) is 18.8. The second-order valence-corrected chi connectivity index (χ2v) is 11.3. The van der Waals surface area contributed by atoms with E-state index in [9.17, 15) is 13.2 Å². The van der Waals surface area contributed by atoms with Crippen LogP contribution in [0.3, 0.4) is 0 Å². The van der Waals surface area contributed by atoms with Gasteiger partial charge in [0.05, 0.1) is 32.4 Å². The summed E-state index contributed by atoms with van der Waals surface area (Å²) in [5, 5.41) is 0.571. The van der Waals surface area contributed by atoms with Gasteiger partial charge in [-0.1, -0.05) is 47.2 Å². The summed E-state index contributed by atoms with van der Waals surface area (Å²) in [6, 6.07) is 19.0. The number of nitrogens with zero attached hydrogens (tertiary/aromatic N) is 3. The predicted octanol–water partition coefficient (Wildman–Crippen LogP) is 4.50. The van der Waals surface area contributed by atoms with Crippen LogP contribution in [0.2, 0.25) is 5.02 Å². The number of halogens is 1. The van der Waals surface area contributed by atoms with Gasteiger partial charge in [0.25, 0.3) is 15.9 Å². The van der Waals surface area contributed by atoms with Gasteiger partial charge in [-0.25, -0.2) is 8.42 Å². The number of methoxy groups -OCH3 is 1. The summed E-state index contributed by atoms with van der Waals surface area (Å²) < 4.78 is 35.9. The Labute approximate surface area is 211 Å². The Morgan fingerprint density at radius 1 is 1.09 bits per heavy atom. The van der Waals surface area contributed by atoms with Gasteiger partial charge in [-0.05, 0) is 54.4 Å². The Kier molecular flexibility index (Phi) is 6.50. The lowest BCUT2D eigenvalue weighted by Crippen LogP contribution is -2.29. The molecule has 0 unspecified atom stereocenters. The summed E-state index contributed by atoms with van der Waals surface area (Å²) in [6.45, 7) is 1.32. The topological polar surface area (TPSA) is 81.0 Å². The second-order valence-electron chi connectivity index (χ2n) is 8.01. The van der Waals surface area contributed by atoms with Crippen molar-refractivity contribution in [3.63, 3.8) is 0 Å². The van der Waals surface area contributed by atoms with Crippen molar-refractivity contribution >= 4 is 54.8 Å². The van der Waals surface area contributed by atoms with Crippen molar-refractivity contribution in [1.29, 1.82) is 0 Å². The molecule has 3 aromatic carbocycles. The Bertz CT molecular complexity index is 1590. The van der Waals surface area contributed by atoms with E-state index in [2.05, 4.69) is 4.99 Å². The largest absolute Gasteiger partial charge is 0.383 e. The summed E-state index contributed by atoms with van der Waals surface area (Å²) in [4.78, 5) is 17.9. The molecule has 0 fully saturated rings. The quantitative estimate of drug-likeness (QED) is 0.370. The van der Waals surface area contributed by atoms with E-state index in [0.29, 0.717) is 47.2 Å². The van der Waals surface area contributed by atoms with Crippen molar-refractivity contribution in [3.05, 3.63) is 87.7 Å². The van der Waals surface area contributed by atoms with E-state index in [4.69, 9.17) is 16.3 Å². The molecule has 0 saturated carbocycles. The predicted molar refractivity (Wildman–Crippen MR) is 138 cm³/mol. The summed E-state index contributed by atoms with van der Waals surface area (Å²) >= 11 is 7.77. The molecular formula is C25H22ClN3O4S2. The minimum absolute atomic E-state index is 0.134. The molecular weight excluding hydrogens is 506 g/mol. The highest BCUT2D eigenvalue weighted by molar-refractivity contribution is 7.92. The number of carbonyl (C=O) groups excluding carboxylic acids is 1. The van der Waals surface area contributed by atoms with Crippen molar-refractivity contribution in [2.75, 3.05) is 24.6 Å². The first-order chi connectivity index (χ1) is 16.9. The van der Waals surface area contributed by atoms with Crippen LogP contribution in [0.15, 0.2) is 76.6 Å². The smallest absolute Gasteiger partial charge is 0.279 e. The molecule has 1 aliphatic rings. The van der Waals surface area contributed by atoms with Crippen LogP contribution in [0.1, 0.15) is 15.9 Å². The van der Waals surface area contributed by atoms with Gasteiger partial charge in [0, 0.05) is 25.8 Å². The molecule has 2 heterocycles. The maximum absolute atomic E-state index is 13.2. The molecule has 0 aliphatic carbocycles. The summed E-state index contributed by atoms with van der Waals surface area (Å²) in [6.07, 6.45) is 0.674. The molecule has 35 heavy (non-hydrogen) atoms. The number of carbonyl (C=O) groups is 1. The van der Waals surface area contributed by atoms with Crippen molar-refractivity contribution in [2.24, 2.45) is 4.99 Å². The number of anilines is 1. The standard InChI is InChI=1S/C25H22ClN3O4S2/c1-33-16-15-28-23-20(26)6-4-8-22(23)34-25(28)27-24(30)18-9-11-19(12-10-18)35(31,32)29-14-13-17-5-2-3-7-21(17)29/h2-12H,13-16H2,1H3. The minimum Gasteiger partial charge on any atom is -0.383 e. The Balaban J connectivity index is 1.46. The molecule has 0 bridgehead atoms. The number of benzene rings is 3. The molecule has 180 valence electrons. The number of para-hydroxylation sites is 2. The fourth-order valence-corrected chi connectivity index (χ4v) is 7.09. The Morgan fingerprint density at radius 3 is 2.63 bits per heavy atom. The lowest BCUT2D eigenvalue weighted by atomic mass is 10.2. The molecule has 1 aromatic heterocycles. The van der Waals surface area contributed by atoms with E-state index >= 15 is 0 Å². The molecule has 0 N–H and O–H groups in total. The third-order valence-corrected chi connectivity index (χ3v) is 9.08. The maximum Gasteiger partial charge on any atom is 0.279 e. The number of ether oxygens (including phenoxy) is 1. The monoisotopic (exact) mass is 527 g/mol. The number of fused-ring (bicyclic) bond motifs is 2. The van der Waals surface area contributed by atoms with Gasteiger partial charge in [0.2, 0.25) is 0 Å². The molecule has 5 rings (SSSR count). The van der Waals surface area contributed by atoms with E-state index in [1.54, 1.807) is 13.2 Å². The van der Waals surface area contributed by atoms with Crippen molar-refractivity contribution in [1.82, 2.24) is 4.57 Å². The molecule has 0 spiro atoms. The summed E-state index contributed by atoms with van der Waals surface area (Å²) in [5.74, 6) is -0.464. The van der Waals surface area contributed by atoms with Gasteiger partial charge >= 0.3 is 0 Å². The number of amides is 1. The van der Waals surface area contributed by atoms with Crippen LogP contribution in [0.25, 0.3) is 10.2 Å². The average Bonchev–Trinajstić information content (AvgIpc) is 3.45. The van der Waals surface area contributed by atoms with Crippen molar-refractivity contribution in [3.8, 4) is 0 Å². The number of hydrogen-bond donors (Lipinski definition) is 0. The van der Waals surface area contributed by atoms with Gasteiger partial charge in [0.15, 0.2) is 4.80 Å². The van der Waals surface area contributed by atoms with Gasteiger partial charge in [-0.2, -0.15) is 4.99 Å². The van der Waals surface area contributed by atoms with E-state index in [0.717, 1.165) is 15.8 Å².